The highest BCUT2D eigenvalue weighted by atomic mass is 32.1. The summed E-state index contributed by atoms with van der Waals surface area (Å²) in [6.45, 7) is 0. The zero-order chi connectivity index (χ0) is 12.4. The number of nitrogens with two attached hydrogens (primary N) is 1. The van der Waals surface area contributed by atoms with E-state index in [0.29, 0.717) is 16.5 Å². The molecule has 5 heteroatoms. The summed E-state index contributed by atoms with van der Waals surface area (Å²) < 4.78 is 1.10. The van der Waals surface area contributed by atoms with E-state index in [2.05, 4.69) is 15.2 Å². The molecule has 0 aliphatic heterocycles. The molecule has 0 spiro atoms. The minimum absolute atomic E-state index is 0.613. The molecule has 0 fully saturated rings. The minimum atomic E-state index is 0.613. The summed E-state index contributed by atoms with van der Waals surface area (Å²) in [5.41, 5.74) is 8.01. The molecule has 2 N–H and O–H groups in total. The molecule has 0 amide bonds. The Balaban J connectivity index is 1.95. The van der Waals surface area contributed by atoms with Crippen molar-refractivity contribution < 1.29 is 0 Å². The molecular formula is C13H10N4S. The second-order valence-corrected chi connectivity index (χ2v) is 4.73. The Hall–Kier alpha value is -2.27. The second kappa shape index (κ2) is 4.54. The van der Waals surface area contributed by atoms with Crippen molar-refractivity contribution >= 4 is 38.1 Å². The van der Waals surface area contributed by atoms with Gasteiger partial charge < -0.3 is 5.73 Å². The average molecular weight is 254 g/mol. The van der Waals surface area contributed by atoms with Crippen LogP contribution in [0.15, 0.2) is 58.8 Å². The number of hydrogen-bond donors (Lipinski definition) is 1. The molecule has 4 nitrogen and oxygen atoms in total. The van der Waals surface area contributed by atoms with E-state index >= 15 is 0 Å². The predicted octanol–water partition coefficient (Wildman–Crippen LogP) is 4.29. The van der Waals surface area contributed by atoms with Crippen LogP contribution in [0.3, 0.4) is 0 Å². The lowest BCUT2D eigenvalue weighted by atomic mass is 10.3. The molecule has 0 aliphatic carbocycles. The molecule has 0 atom stereocenters. The molecule has 3 aromatic rings. The summed E-state index contributed by atoms with van der Waals surface area (Å²) in [5, 5.41) is 8.88. The first-order valence-corrected chi connectivity index (χ1v) is 6.26. The molecule has 3 rings (SSSR count). The fourth-order valence-corrected chi connectivity index (χ4v) is 2.37. The zero-order valence-electron chi connectivity index (χ0n) is 9.45. The summed E-state index contributed by atoms with van der Waals surface area (Å²) in [6, 6.07) is 15.3. The van der Waals surface area contributed by atoms with E-state index in [0.717, 1.165) is 10.2 Å². The van der Waals surface area contributed by atoms with Crippen molar-refractivity contribution in [1.82, 2.24) is 4.98 Å². The van der Waals surface area contributed by atoms with Gasteiger partial charge in [0.15, 0.2) is 0 Å². The summed E-state index contributed by atoms with van der Waals surface area (Å²) in [4.78, 5) is 4.37. The highest BCUT2D eigenvalue weighted by molar-refractivity contribution is 7.21. The monoisotopic (exact) mass is 254 g/mol. The van der Waals surface area contributed by atoms with E-state index in [1.807, 2.05) is 42.5 Å². The Labute approximate surface area is 108 Å². The Morgan fingerprint density at radius 1 is 0.944 bits per heavy atom. The zero-order valence-corrected chi connectivity index (χ0v) is 10.3. The standard InChI is InChI=1S/C13H10N4S/c14-9-5-1-2-6-10(9)16-17-13-15-11-7-3-4-8-12(11)18-13/h1-8H,14H2/b17-16+. The van der Waals surface area contributed by atoms with Gasteiger partial charge in [-0.2, -0.15) is 0 Å². The lowest BCUT2D eigenvalue weighted by molar-refractivity contribution is 1.21. The molecule has 1 aromatic heterocycles. The molecule has 18 heavy (non-hydrogen) atoms. The number of azo groups is 1. The maximum Gasteiger partial charge on any atom is 0.231 e. The summed E-state index contributed by atoms with van der Waals surface area (Å²) >= 11 is 1.51. The molecule has 0 aliphatic rings. The molecule has 0 saturated carbocycles. The third kappa shape index (κ3) is 2.08. The molecule has 88 valence electrons. The van der Waals surface area contributed by atoms with Crippen molar-refractivity contribution in [3.8, 4) is 0 Å². The van der Waals surface area contributed by atoms with Crippen molar-refractivity contribution in [3.05, 3.63) is 48.5 Å². The number of nitrogen functional groups attached to an aromatic ring is 1. The smallest absolute Gasteiger partial charge is 0.231 e. The van der Waals surface area contributed by atoms with Crippen LogP contribution >= 0.6 is 11.3 Å². The second-order valence-electron chi connectivity index (χ2n) is 3.72. The molecular weight excluding hydrogens is 244 g/mol. The van der Waals surface area contributed by atoms with Crippen LogP contribution in [0, 0.1) is 0 Å². The van der Waals surface area contributed by atoms with Crippen LogP contribution in [-0.4, -0.2) is 4.98 Å². The van der Waals surface area contributed by atoms with Gasteiger partial charge in [-0.15, -0.1) is 10.2 Å². The van der Waals surface area contributed by atoms with E-state index in [1.54, 1.807) is 6.07 Å². The predicted molar refractivity (Wildman–Crippen MR) is 74.7 cm³/mol. The van der Waals surface area contributed by atoms with Gasteiger partial charge in [0.2, 0.25) is 5.13 Å². The number of thiazole rings is 1. The first kappa shape index (κ1) is 10.9. The van der Waals surface area contributed by atoms with Gasteiger partial charge in [0.05, 0.1) is 15.9 Å². The first-order chi connectivity index (χ1) is 8.83. The van der Waals surface area contributed by atoms with Gasteiger partial charge >= 0.3 is 0 Å². The van der Waals surface area contributed by atoms with Crippen molar-refractivity contribution in [2.45, 2.75) is 0 Å². The Kier molecular flexibility index (Phi) is 2.74. The quantitative estimate of drug-likeness (QED) is 0.547. The number of para-hydroxylation sites is 2. The van der Waals surface area contributed by atoms with Crippen LogP contribution < -0.4 is 5.73 Å². The number of hydrogen-bond acceptors (Lipinski definition) is 5. The van der Waals surface area contributed by atoms with E-state index in [9.17, 15) is 0 Å². The summed E-state index contributed by atoms with van der Waals surface area (Å²) in [6.07, 6.45) is 0. The van der Waals surface area contributed by atoms with Gasteiger partial charge in [0, 0.05) is 0 Å². The van der Waals surface area contributed by atoms with Crippen molar-refractivity contribution in [3.63, 3.8) is 0 Å². The fourth-order valence-electron chi connectivity index (χ4n) is 1.58. The third-order valence-corrected chi connectivity index (χ3v) is 3.38. The van der Waals surface area contributed by atoms with Gasteiger partial charge in [-0.1, -0.05) is 35.6 Å². The number of aromatic nitrogens is 1. The van der Waals surface area contributed by atoms with Crippen molar-refractivity contribution in [1.29, 1.82) is 0 Å². The van der Waals surface area contributed by atoms with Crippen molar-refractivity contribution in [2.24, 2.45) is 10.2 Å². The largest absolute Gasteiger partial charge is 0.397 e. The van der Waals surface area contributed by atoms with Crippen molar-refractivity contribution in [2.75, 3.05) is 5.73 Å². The Bertz CT molecular complexity index is 685. The highest BCUT2D eigenvalue weighted by Gasteiger charge is 2.01. The van der Waals surface area contributed by atoms with Gasteiger partial charge in [0.1, 0.15) is 5.69 Å². The number of fused-ring (bicyclic) bond motifs is 1. The van der Waals surface area contributed by atoms with Gasteiger partial charge in [-0.3, -0.25) is 0 Å². The maximum absolute atomic E-state index is 5.79. The number of benzene rings is 2. The van der Waals surface area contributed by atoms with Crippen LogP contribution in [0.1, 0.15) is 0 Å². The topological polar surface area (TPSA) is 63.6 Å². The highest BCUT2D eigenvalue weighted by Crippen LogP contribution is 2.30. The Morgan fingerprint density at radius 3 is 2.56 bits per heavy atom. The molecule has 0 radical (unpaired) electrons. The summed E-state index contributed by atoms with van der Waals surface area (Å²) in [7, 11) is 0. The molecule has 1 heterocycles. The average Bonchev–Trinajstić information content (AvgIpc) is 2.80. The Morgan fingerprint density at radius 2 is 1.72 bits per heavy atom. The first-order valence-electron chi connectivity index (χ1n) is 5.45. The molecule has 0 unspecified atom stereocenters. The van der Waals surface area contributed by atoms with Crippen LogP contribution in [0.2, 0.25) is 0 Å². The van der Waals surface area contributed by atoms with E-state index in [-0.39, 0.29) is 0 Å². The van der Waals surface area contributed by atoms with Crippen LogP contribution in [0.4, 0.5) is 16.5 Å². The van der Waals surface area contributed by atoms with Gasteiger partial charge in [0.25, 0.3) is 0 Å². The lowest BCUT2D eigenvalue weighted by Gasteiger charge is -1.95. The lowest BCUT2D eigenvalue weighted by Crippen LogP contribution is -1.82. The van der Waals surface area contributed by atoms with Gasteiger partial charge in [-0.25, -0.2) is 4.98 Å². The van der Waals surface area contributed by atoms with Gasteiger partial charge in [-0.05, 0) is 24.3 Å². The van der Waals surface area contributed by atoms with Crippen LogP contribution in [0.5, 0.6) is 0 Å². The SMILES string of the molecule is Nc1ccccc1/N=N/c1nc2ccccc2s1. The molecule has 0 bridgehead atoms. The van der Waals surface area contributed by atoms with Crippen LogP contribution in [0.25, 0.3) is 10.2 Å². The number of rotatable bonds is 2. The van der Waals surface area contributed by atoms with E-state index < -0.39 is 0 Å². The number of nitrogens with zero attached hydrogens (tertiary/aromatic N) is 3. The number of anilines is 1. The molecule has 0 saturated heterocycles. The minimum Gasteiger partial charge on any atom is -0.397 e. The van der Waals surface area contributed by atoms with E-state index in [4.69, 9.17) is 5.73 Å². The maximum atomic E-state index is 5.79. The van der Waals surface area contributed by atoms with E-state index in [1.165, 1.54) is 11.3 Å². The fraction of sp³-hybridized carbons (Fsp3) is 0. The van der Waals surface area contributed by atoms with Crippen LogP contribution in [-0.2, 0) is 0 Å². The summed E-state index contributed by atoms with van der Waals surface area (Å²) in [5.74, 6) is 0. The molecule has 2 aromatic carbocycles. The normalized spacial score (nSPS) is 11.3. The third-order valence-electron chi connectivity index (χ3n) is 2.46.